The molecule has 0 aliphatic heterocycles. The van der Waals surface area contributed by atoms with Gasteiger partial charge in [-0.1, -0.05) is 67.4 Å². The molecule has 30 heteroatoms. The Morgan fingerprint density at radius 1 is 0.427 bits per heavy atom. The van der Waals surface area contributed by atoms with E-state index in [-0.39, 0.29) is 94.2 Å². The number of benzene rings is 3. The zero-order valence-corrected chi connectivity index (χ0v) is 50.1. The second-order valence-electron chi connectivity index (χ2n) is 21.1. The number of urea groups is 1. The number of carbonyl (C=O) groups is 12. The monoisotopic (exact) mass is 1270 g/mol. The molecule has 9 amide bonds. The maximum Gasteiger partial charge on any atom is 0.326 e. The highest BCUT2D eigenvalue weighted by atomic mass is 32.1. The first-order chi connectivity index (χ1) is 42.5. The number of fused-ring (bicyclic) bond motifs is 1. The van der Waals surface area contributed by atoms with Crippen molar-refractivity contribution in [2.45, 2.75) is 151 Å². The molecular formula is C59H83N9O20S. The van der Waals surface area contributed by atoms with Gasteiger partial charge >= 0.3 is 29.9 Å². The van der Waals surface area contributed by atoms with E-state index in [0.717, 1.165) is 10.8 Å². The van der Waals surface area contributed by atoms with Crippen LogP contribution in [0.2, 0.25) is 0 Å². The van der Waals surface area contributed by atoms with Crippen LogP contribution in [0.15, 0.2) is 66.7 Å². The first-order valence-electron chi connectivity index (χ1n) is 29.2. The lowest BCUT2D eigenvalue weighted by atomic mass is 9.95. The predicted octanol–water partition coefficient (Wildman–Crippen LogP) is -0.264. The number of carbonyl (C=O) groups excluding carboxylic acids is 8. The van der Waals surface area contributed by atoms with E-state index in [1.165, 1.54) is 24.3 Å². The van der Waals surface area contributed by atoms with Crippen molar-refractivity contribution >= 4 is 94.7 Å². The van der Waals surface area contributed by atoms with E-state index in [1.54, 1.807) is 18.2 Å². The topological polar surface area (TPSA) is 475 Å². The summed E-state index contributed by atoms with van der Waals surface area (Å²) < 4.78 is 0. The van der Waals surface area contributed by atoms with Crippen LogP contribution in [-0.2, 0) is 65.6 Å². The van der Waals surface area contributed by atoms with Crippen molar-refractivity contribution in [3.05, 3.63) is 77.9 Å². The van der Waals surface area contributed by atoms with Crippen molar-refractivity contribution in [3.8, 4) is 5.75 Å². The van der Waals surface area contributed by atoms with E-state index < -0.39 is 140 Å². The molecule has 0 fully saturated rings. The quantitative estimate of drug-likeness (QED) is 0.0256. The Bertz CT molecular complexity index is 2850. The molecule has 3 aromatic carbocycles. The minimum absolute atomic E-state index is 0.0269. The van der Waals surface area contributed by atoms with Crippen LogP contribution >= 0.6 is 12.6 Å². The number of hydrogen-bond acceptors (Lipinski definition) is 17. The summed E-state index contributed by atoms with van der Waals surface area (Å²) in [4.78, 5) is 152. The highest BCUT2D eigenvalue weighted by Gasteiger charge is 2.36. The number of phenols is 1. The fourth-order valence-corrected chi connectivity index (χ4v) is 9.33. The van der Waals surface area contributed by atoms with E-state index in [1.807, 2.05) is 24.3 Å². The predicted molar refractivity (Wildman–Crippen MR) is 323 cm³/mol. The number of aromatic hydroxyl groups is 1. The molecule has 0 bridgehead atoms. The molecule has 0 aromatic heterocycles. The number of aliphatic carboxylic acids is 4. The summed E-state index contributed by atoms with van der Waals surface area (Å²) in [5, 5.41) is 102. The Hall–Kier alpha value is -8.61. The van der Waals surface area contributed by atoms with Crippen LogP contribution in [0.5, 0.6) is 5.75 Å². The van der Waals surface area contributed by atoms with Crippen LogP contribution in [-0.4, -0.2) is 193 Å². The summed E-state index contributed by atoms with van der Waals surface area (Å²) >= 11 is 3.85. The fourth-order valence-electron chi connectivity index (χ4n) is 9.24. The van der Waals surface area contributed by atoms with E-state index in [2.05, 4.69) is 60.5 Å². The molecular weight excluding hydrogens is 1190 g/mol. The molecule has 29 nitrogen and oxygen atoms in total. The van der Waals surface area contributed by atoms with Gasteiger partial charge in [0.25, 0.3) is 0 Å². The van der Waals surface area contributed by atoms with Crippen LogP contribution in [0.3, 0.4) is 0 Å². The highest BCUT2D eigenvalue weighted by Crippen LogP contribution is 2.19. The number of aliphatic hydroxyl groups excluding tert-OH is 3. The molecule has 0 saturated heterocycles. The minimum atomic E-state index is -1.54. The lowest BCUT2D eigenvalue weighted by Crippen LogP contribution is -2.59. The summed E-state index contributed by atoms with van der Waals surface area (Å²) in [6, 6.07) is 7.10. The number of phenolic OH excluding ortho intramolecular Hbond substituents is 1. The molecule has 0 unspecified atom stereocenters. The summed E-state index contributed by atoms with van der Waals surface area (Å²) in [7, 11) is 0. The van der Waals surface area contributed by atoms with Gasteiger partial charge in [-0.3, -0.25) is 38.4 Å². The van der Waals surface area contributed by atoms with Gasteiger partial charge in [-0.2, -0.15) is 12.6 Å². The Morgan fingerprint density at radius 3 is 1.42 bits per heavy atom. The van der Waals surface area contributed by atoms with Gasteiger partial charge in [-0.15, -0.1) is 0 Å². The van der Waals surface area contributed by atoms with E-state index >= 15 is 0 Å². The molecule has 0 aliphatic carbocycles. The normalized spacial score (nSPS) is 13.7. The SMILES string of the molecule is O=C(O)CC[C@H](NC(=O)N[C@@H](CCCCNC(=O)CCCCCCC(=O)NCCCC[C@@H](NC(=O)[C@@H](Cc1ccc2ccccc2c1)NC(=O)[C@@H](Cc1ccc(O)cc1)NC(=O)[C@H](CO)[C@H](CCO)NC(=O)[C@H](CO)NC(=O)CS)C(=O)O)C(=O)O)C(=O)O. The number of aliphatic hydroxyl groups is 3. The van der Waals surface area contributed by atoms with Gasteiger partial charge in [0.15, 0.2) is 0 Å². The Balaban J connectivity index is 1.56. The van der Waals surface area contributed by atoms with Crippen molar-refractivity contribution < 1.29 is 98.4 Å². The van der Waals surface area contributed by atoms with Gasteiger partial charge in [0.2, 0.25) is 41.4 Å². The second-order valence-corrected chi connectivity index (χ2v) is 21.4. The molecule has 3 rings (SSSR count). The number of unbranched alkanes of at least 4 members (excludes halogenated alkanes) is 5. The van der Waals surface area contributed by atoms with Crippen LogP contribution < -0.4 is 47.9 Å². The molecule has 0 radical (unpaired) electrons. The maximum atomic E-state index is 14.5. The Kier molecular flexibility index (Phi) is 34.2. The standard InChI is InChI=1S/C59H83N9O20S/c69-28-25-41(63-55(81)47(33-71)62-50(75)34-89)40(32-70)52(78)65-45(30-35-18-21-39(72)22-19-35)54(80)66-46(31-36-17-20-37-11-5-6-12-38(37)29-36)53(79)64-42(56(82)83)13-7-9-26-60-48(73)15-3-1-2-4-16-49(74)61-27-10-8-14-43(57(84)85)67-59(88)68-44(58(86)87)23-24-51(76)77/h5-6,11-12,17-22,29,40-47,69-72,89H,1-4,7-10,13-16,23-28,30-34H2,(H,60,73)(H,61,74)(H,62,75)(H,63,81)(H,64,79)(H,65,78)(H,66,80)(H,76,77)(H,82,83)(H,84,85)(H,86,87)(H2,67,68,88)/t40-,41+,42-,43+,44+,45-,46-,47+/m1/s1. The first-order valence-corrected chi connectivity index (χ1v) is 29.8. The number of thiol groups is 1. The van der Waals surface area contributed by atoms with Crippen LogP contribution in [0.25, 0.3) is 10.8 Å². The van der Waals surface area contributed by atoms with Crippen LogP contribution in [0.1, 0.15) is 107 Å². The van der Waals surface area contributed by atoms with Gasteiger partial charge < -0.3 is 88.7 Å². The summed E-state index contributed by atoms with van der Waals surface area (Å²) in [6.07, 6.45) is 2.25. The van der Waals surface area contributed by atoms with Crippen LogP contribution in [0.4, 0.5) is 4.79 Å². The van der Waals surface area contributed by atoms with Gasteiger partial charge in [0, 0.05) is 57.8 Å². The van der Waals surface area contributed by atoms with Crippen molar-refractivity contribution in [1.29, 1.82) is 0 Å². The van der Waals surface area contributed by atoms with Crippen molar-refractivity contribution in [2.75, 3.05) is 38.7 Å². The lowest BCUT2D eigenvalue weighted by molar-refractivity contribution is -0.143. The summed E-state index contributed by atoms with van der Waals surface area (Å²) in [5.74, 6) is -12.4. The van der Waals surface area contributed by atoms with Crippen molar-refractivity contribution in [2.24, 2.45) is 5.92 Å². The number of rotatable bonds is 44. The zero-order chi connectivity index (χ0) is 65.8. The highest BCUT2D eigenvalue weighted by molar-refractivity contribution is 7.81. The Morgan fingerprint density at radius 2 is 0.910 bits per heavy atom. The average molecular weight is 1270 g/mol. The van der Waals surface area contributed by atoms with E-state index in [0.29, 0.717) is 49.7 Å². The number of hydrogen-bond donors (Lipinski definition) is 18. The molecule has 17 N–H and O–H groups in total. The molecule has 0 aliphatic rings. The second kappa shape index (κ2) is 40.8. The molecule has 89 heavy (non-hydrogen) atoms. The molecule has 0 spiro atoms. The minimum Gasteiger partial charge on any atom is -0.508 e. The van der Waals surface area contributed by atoms with E-state index in [4.69, 9.17) is 5.11 Å². The summed E-state index contributed by atoms with van der Waals surface area (Å²) in [6.45, 7) is -1.94. The Labute approximate surface area is 518 Å². The van der Waals surface area contributed by atoms with Gasteiger partial charge in [0.1, 0.15) is 42.0 Å². The third-order valence-electron chi connectivity index (χ3n) is 14.2. The van der Waals surface area contributed by atoms with Crippen molar-refractivity contribution in [3.63, 3.8) is 0 Å². The van der Waals surface area contributed by atoms with Gasteiger partial charge in [-0.05, 0) is 98.2 Å². The largest absolute Gasteiger partial charge is 0.508 e. The molecule has 0 saturated carbocycles. The number of carboxylic acid groups (broad SMARTS) is 4. The third kappa shape index (κ3) is 28.8. The lowest BCUT2D eigenvalue weighted by Gasteiger charge is -2.29. The third-order valence-corrected chi connectivity index (χ3v) is 14.5. The van der Waals surface area contributed by atoms with Crippen LogP contribution in [0, 0.1) is 5.92 Å². The molecule has 0 heterocycles. The van der Waals surface area contributed by atoms with Gasteiger partial charge in [0.05, 0.1) is 24.9 Å². The first kappa shape index (κ1) is 74.6. The average Bonchev–Trinajstić information content (AvgIpc) is 2.32. The van der Waals surface area contributed by atoms with E-state index in [9.17, 15) is 93.3 Å². The fraction of sp³-hybridized carbons (Fsp3) is 0.525. The van der Waals surface area contributed by atoms with Crippen molar-refractivity contribution in [1.82, 2.24) is 47.9 Å². The molecule has 490 valence electrons. The number of nitrogens with one attached hydrogen (secondary N) is 9. The smallest absolute Gasteiger partial charge is 0.326 e. The summed E-state index contributed by atoms with van der Waals surface area (Å²) in [5.41, 5.74) is 0.988. The zero-order valence-electron chi connectivity index (χ0n) is 49.2. The molecule has 3 aromatic rings. The number of carboxylic acids is 4. The molecule has 8 atom stereocenters. The van der Waals surface area contributed by atoms with Gasteiger partial charge in [-0.25, -0.2) is 19.2 Å². The number of amides is 9. The maximum absolute atomic E-state index is 14.5.